The van der Waals surface area contributed by atoms with Gasteiger partial charge in [-0.3, -0.25) is 4.79 Å². The zero-order chi connectivity index (χ0) is 15.9. The molecular formula is C16H17FO4S. The minimum absolute atomic E-state index is 0.0314. The molecule has 0 saturated heterocycles. The summed E-state index contributed by atoms with van der Waals surface area (Å²) in [6, 6.07) is 7.59. The molecule has 1 atom stereocenters. The van der Waals surface area contributed by atoms with Gasteiger partial charge in [-0.1, -0.05) is 6.07 Å². The molecule has 1 N–H and O–H groups in total. The maximum Gasteiger partial charge on any atom is 0.163 e. The number of carbonyl (C=O) groups excluding carboxylic acids is 1. The van der Waals surface area contributed by atoms with Crippen molar-refractivity contribution in [1.29, 1.82) is 0 Å². The van der Waals surface area contributed by atoms with Crippen molar-refractivity contribution in [2.45, 2.75) is 19.6 Å². The van der Waals surface area contributed by atoms with Gasteiger partial charge < -0.3 is 14.6 Å². The van der Waals surface area contributed by atoms with Crippen LogP contribution in [0.25, 0.3) is 0 Å². The Labute approximate surface area is 132 Å². The first kappa shape index (κ1) is 16.6. The van der Waals surface area contributed by atoms with Crippen molar-refractivity contribution in [1.82, 2.24) is 0 Å². The van der Waals surface area contributed by atoms with Crippen molar-refractivity contribution in [2.75, 3.05) is 13.2 Å². The van der Waals surface area contributed by atoms with Crippen molar-refractivity contribution in [3.8, 4) is 5.75 Å². The van der Waals surface area contributed by atoms with Gasteiger partial charge in [0.1, 0.15) is 24.3 Å². The van der Waals surface area contributed by atoms with E-state index >= 15 is 0 Å². The predicted molar refractivity (Wildman–Crippen MR) is 81.9 cm³/mol. The number of ketones is 1. The van der Waals surface area contributed by atoms with Crippen LogP contribution >= 0.6 is 11.3 Å². The topological polar surface area (TPSA) is 55.8 Å². The van der Waals surface area contributed by atoms with E-state index < -0.39 is 11.9 Å². The van der Waals surface area contributed by atoms with Gasteiger partial charge in [0, 0.05) is 4.88 Å². The maximum atomic E-state index is 13.1. The summed E-state index contributed by atoms with van der Waals surface area (Å²) in [6.07, 6.45) is -0.829. The number of hydrogen-bond acceptors (Lipinski definition) is 5. The van der Waals surface area contributed by atoms with Crippen molar-refractivity contribution in [3.63, 3.8) is 0 Å². The lowest BCUT2D eigenvalue weighted by atomic mass is 10.1. The van der Waals surface area contributed by atoms with Gasteiger partial charge in [0.2, 0.25) is 0 Å². The van der Waals surface area contributed by atoms with Crippen LogP contribution in [0.3, 0.4) is 0 Å². The number of aliphatic hydroxyl groups excluding tert-OH is 1. The molecule has 0 spiro atoms. The molecule has 118 valence electrons. The standard InChI is InChI=1S/C16H17FO4S/c1-11(18)15-7-12(17)4-5-16(15)21-9-13(19)8-20-10-14-3-2-6-22-14/h2-7,13,19H,8-10H2,1H3. The van der Waals surface area contributed by atoms with E-state index in [1.54, 1.807) is 11.3 Å². The van der Waals surface area contributed by atoms with Gasteiger partial charge in [-0.2, -0.15) is 0 Å². The Bertz CT molecular complexity index is 613. The second-order valence-electron chi connectivity index (χ2n) is 4.76. The van der Waals surface area contributed by atoms with E-state index in [4.69, 9.17) is 9.47 Å². The number of benzene rings is 1. The van der Waals surface area contributed by atoms with E-state index in [2.05, 4.69) is 0 Å². The Morgan fingerprint density at radius 1 is 1.36 bits per heavy atom. The Hall–Kier alpha value is -1.76. The van der Waals surface area contributed by atoms with Crippen LogP contribution in [0.2, 0.25) is 0 Å². The first-order valence-electron chi connectivity index (χ1n) is 6.77. The van der Waals surface area contributed by atoms with Gasteiger partial charge in [-0.25, -0.2) is 4.39 Å². The van der Waals surface area contributed by atoms with Gasteiger partial charge in [0.05, 0.1) is 18.8 Å². The number of halogens is 1. The zero-order valence-corrected chi connectivity index (χ0v) is 12.9. The summed E-state index contributed by atoms with van der Waals surface area (Å²) in [6.45, 7) is 1.86. The number of Topliss-reactive ketones (excluding diaryl/α,β-unsaturated/α-hetero) is 1. The van der Waals surface area contributed by atoms with E-state index in [9.17, 15) is 14.3 Å². The minimum atomic E-state index is -0.829. The van der Waals surface area contributed by atoms with Crippen molar-refractivity contribution in [3.05, 3.63) is 52.0 Å². The molecule has 0 amide bonds. The summed E-state index contributed by atoms with van der Waals surface area (Å²) in [5, 5.41) is 11.8. The molecule has 0 aliphatic rings. The molecule has 22 heavy (non-hydrogen) atoms. The highest BCUT2D eigenvalue weighted by atomic mass is 32.1. The Kier molecular flexibility index (Phi) is 6.06. The number of thiophene rings is 1. The number of rotatable bonds is 8. The minimum Gasteiger partial charge on any atom is -0.490 e. The van der Waals surface area contributed by atoms with Crippen LogP contribution in [0.15, 0.2) is 35.7 Å². The normalized spacial score (nSPS) is 12.1. The molecule has 4 nitrogen and oxygen atoms in total. The smallest absolute Gasteiger partial charge is 0.163 e. The lowest BCUT2D eigenvalue weighted by Crippen LogP contribution is -2.23. The van der Waals surface area contributed by atoms with E-state index in [0.29, 0.717) is 6.61 Å². The Morgan fingerprint density at radius 2 is 2.18 bits per heavy atom. The number of aliphatic hydroxyl groups is 1. The van der Waals surface area contributed by atoms with E-state index in [1.807, 2.05) is 17.5 Å². The fourth-order valence-corrected chi connectivity index (χ4v) is 2.47. The van der Waals surface area contributed by atoms with Gasteiger partial charge in [0.15, 0.2) is 5.78 Å². The largest absolute Gasteiger partial charge is 0.490 e. The molecule has 2 aromatic rings. The van der Waals surface area contributed by atoms with Gasteiger partial charge in [-0.05, 0) is 36.6 Å². The van der Waals surface area contributed by atoms with Crippen LogP contribution in [-0.4, -0.2) is 30.2 Å². The predicted octanol–water partition coefficient (Wildman–Crippen LogP) is 3.05. The van der Waals surface area contributed by atoms with Crippen LogP contribution < -0.4 is 4.74 Å². The molecule has 0 fully saturated rings. The average molecular weight is 324 g/mol. The average Bonchev–Trinajstić information content (AvgIpc) is 2.99. The molecule has 2 rings (SSSR count). The van der Waals surface area contributed by atoms with Gasteiger partial charge in [0.25, 0.3) is 0 Å². The summed E-state index contributed by atoms with van der Waals surface area (Å²) in [4.78, 5) is 12.5. The Morgan fingerprint density at radius 3 is 2.86 bits per heavy atom. The van der Waals surface area contributed by atoms with Crippen LogP contribution in [0.4, 0.5) is 4.39 Å². The molecule has 0 bridgehead atoms. The first-order chi connectivity index (χ1) is 10.6. The van der Waals surface area contributed by atoms with Crippen LogP contribution in [0, 0.1) is 5.82 Å². The third-order valence-electron chi connectivity index (χ3n) is 2.89. The fraction of sp³-hybridized carbons (Fsp3) is 0.312. The molecule has 0 aliphatic heterocycles. The van der Waals surface area contributed by atoms with Crippen molar-refractivity contribution < 1.29 is 23.8 Å². The second-order valence-corrected chi connectivity index (χ2v) is 5.79. The molecule has 1 aromatic carbocycles. The summed E-state index contributed by atoms with van der Waals surface area (Å²) >= 11 is 1.58. The zero-order valence-electron chi connectivity index (χ0n) is 12.1. The van der Waals surface area contributed by atoms with E-state index in [-0.39, 0.29) is 30.3 Å². The van der Waals surface area contributed by atoms with Crippen molar-refractivity contribution >= 4 is 17.1 Å². The lowest BCUT2D eigenvalue weighted by Gasteiger charge is -2.14. The second kappa shape index (κ2) is 8.03. The number of carbonyl (C=O) groups is 1. The highest BCUT2D eigenvalue weighted by Gasteiger charge is 2.12. The third kappa shape index (κ3) is 4.91. The quantitative estimate of drug-likeness (QED) is 0.758. The molecule has 0 aliphatic carbocycles. The fourth-order valence-electron chi connectivity index (χ4n) is 1.83. The van der Waals surface area contributed by atoms with Gasteiger partial charge >= 0.3 is 0 Å². The van der Waals surface area contributed by atoms with E-state index in [0.717, 1.165) is 10.9 Å². The van der Waals surface area contributed by atoms with Crippen molar-refractivity contribution in [2.24, 2.45) is 0 Å². The van der Waals surface area contributed by atoms with Crippen LogP contribution in [0.5, 0.6) is 5.75 Å². The lowest BCUT2D eigenvalue weighted by molar-refractivity contribution is 0.00610. The van der Waals surface area contributed by atoms with Crippen LogP contribution in [-0.2, 0) is 11.3 Å². The molecule has 0 saturated carbocycles. The summed E-state index contributed by atoms with van der Waals surface area (Å²) < 4.78 is 23.9. The van der Waals surface area contributed by atoms with Crippen LogP contribution in [0.1, 0.15) is 22.2 Å². The molecule has 0 radical (unpaired) electrons. The number of hydrogen-bond donors (Lipinski definition) is 1. The van der Waals surface area contributed by atoms with E-state index in [1.165, 1.54) is 19.1 Å². The number of ether oxygens (including phenoxy) is 2. The summed E-state index contributed by atoms with van der Waals surface area (Å²) in [7, 11) is 0. The van der Waals surface area contributed by atoms with Gasteiger partial charge in [-0.15, -0.1) is 11.3 Å². The molecule has 1 heterocycles. The molecule has 1 aromatic heterocycles. The summed E-state index contributed by atoms with van der Waals surface area (Å²) in [5.74, 6) is -0.540. The molecule has 1 unspecified atom stereocenters. The monoisotopic (exact) mass is 324 g/mol. The maximum absolute atomic E-state index is 13.1. The SMILES string of the molecule is CC(=O)c1cc(F)ccc1OCC(O)COCc1cccs1. The third-order valence-corrected chi connectivity index (χ3v) is 3.74. The Balaban J connectivity index is 1.80. The molecule has 6 heteroatoms. The molecular weight excluding hydrogens is 307 g/mol. The summed E-state index contributed by atoms with van der Waals surface area (Å²) in [5.41, 5.74) is 0.159. The highest BCUT2D eigenvalue weighted by molar-refractivity contribution is 7.09. The highest BCUT2D eigenvalue weighted by Crippen LogP contribution is 2.20. The first-order valence-corrected chi connectivity index (χ1v) is 7.65.